The predicted octanol–water partition coefficient (Wildman–Crippen LogP) is 5.00. The molecule has 0 saturated carbocycles. The van der Waals surface area contributed by atoms with Crippen molar-refractivity contribution in [2.45, 2.75) is 6.42 Å². The molecule has 0 fully saturated rings. The molecule has 0 aliphatic heterocycles. The van der Waals surface area contributed by atoms with Gasteiger partial charge in [0.15, 0.2) is 0 Å². The zero-order chi connectivity index (χ0) is 17.5. The van der Waals surface area contributed by atoms with Gasteiger partial charge in [-0.05, 0) is 23.6 Å². The molecule has 3 aromatic carbocycles. The van der Waals surface area contributed by atoms with Gasteiger partial charge in [0, 0.05) is 17.9 Å². The Morgan fingerprint density at radius 3 is 2.68 bits per heavy atom. The van der Waals surface area contributed by atoms with Crippen molar-refractivity contribution in [3.05, 3.63) is 66.7 Å². The van der Waals surface area contributed by atoms with E-state index in [1.807, 2.05) is 48.5 Å². The number of anilines is 1. The molecule has 1 unspecified atom stereocenters. The minimum atomic E-state index is -1.72. The normalized spacial score (nSPS) is 12.0. The van der Waals surface area contributed by atoms with Crippen LogP contribution in [0.5, 0.6) is 11.5 Å². The lowest BCUT2D eigenvalue weighted by Gasteiger charge is -2.11. The first-order chi connectivity index (χ1) is 12.3. The lowest BCUT2D eigenvalue weighted by Crippen LogP contribution is -2.09. The van der Waals surface area contributed by atoms with Gasteiger partial charge in [0.05, 0.1) is 19.0 Å². The summed E-state index contributed by atoms with van der Waals surface area (Å²) in [7, 11) is 0. The average Bonchev–Trinajstić information content (AvgIpc) is 2.63. The fourth-order valence-electron chi connectivity index (χ4n) is 2.35. The second-order valence-electron chi connectivity index (χ2n) is 5.31. The maximum absolute atomic E-state index is 12.0. The van der Waals surface area contributed by atoms with E-state index in [1.54, 1.807) is 18.2 Å². The molecule has 0 spiro atoms. The van der Waals surface area contributed by atoms with Crippen molar-refractivity contribution in [2.75, 3.05) is 18.0 Å². The van der Waals surface area contributed by atoms with Crippen LogP contribution in [0.4, 0.5) is 10.1 Å². The summed E-state index contributed by atoms with van der Waals surface area (Å²) in [4.78, 5) is 0. The molecule has 0 radical (unpaired) electrons. The number of nitrogens with one attached hydrogen (secondary N) is 1. The summed E-state index contributed by atoms with van der Waals surface area (Å²) in [6, 6.07) is 20.9. The van der Waals surface area contributed by atoms with E-state index in [4.69, 9.17) is 8.92 Å². The van der Waals surface area contributed by atoms with Crippen LogP contribution in [-0.4, -0.2) is 17.5 Å². The van der Waals surface area contributed by atoms with Gasteiger partial charge in [-0.25, -0.2) is 4.21 Å². The molecule has 0 saturated heterocycles. The van der Waals surface area contributed by atoms with Gasteiger partial charge in [-0.3, -0.25) is 13.3 Å². The van der Waals surface area contributed by atoms with Crippen molar-refractivity contribution in [3.8, 4) is 11.5 Å². The smallest absolute Gasteiger partial charge is 0.261 e. The number of benzene rings is 3. The first-order valence-electron chi connectivity index (χ1n) is 7.89. The summed E-state index contributed by atoms with van der Waals surface area (Å²) in [5.74, 6) is 1.36. The van der Waals surface area contributed by atoms with E-state index >= 15 is 0 Å². The second kappa shape index (κ2) is 8.60. The lowest BCUT2D eigenvalue weighted by atomic mass is 10.1. The summed E-state index contributed by atoms with van der Waals surface area (Å²) < 4.78 is 37.4. The monoisotopic (exact) mass is 359 g/mol. The highest BCUT2D eigenvalue weighted by Crippen LogP contribution is 2.30. The van der Waals surface area contributed by atoms with E-state index in [1.165, 1.54) is 0 Å². The van der Waals surface area contributed by atoms with Crippen LogP contribution in [0.3, 0.4) is 0 Å². The fraction of sp³-hybridized carbons (Fsp3) is 0.158. The van der Waals surface area contributed by atoms with Crippen LogP contribution in [-0.2, 0) is 15.4 Å². The zero-order valence-corrected chi connectivity index (χ0v) is 14.3. The summed E-state index contributed by atoms with van der Waals surface area (Å²) in [5, 5.41) is 2.11. The van der Waals surface area contributed by atoms with Gasteiger partial charge >= 0.3 is 0 Å². The third-order valence-electron chi connectivity index (χ3n) is 3.48. The van der Waals surface area contributed by atoms with Crippen LogP contribution in [0.25, 0.3) is 10.8 Å². The van der Waals surface area contributed by atoms with Gasteiger partial charge in [0.2, 0.25) is 0 Å². The van der Waals surface area contributed by atoms with Gasteiger partial charge in [-0.15, -0.1) is 0 Å². The van der Waals surface area contributed by atoms with Crippen LogP contribution >= 0.6 is 0 Å². The molecule has 0 aliphatic rings. The Morgan fingerprint density at radius 2 is 1.80 bits per heavy atom. The van der Waals surface area contributed by atoms with Crippen molar-refractivity contribution in [2.24, 2.45) is 0 Å². The first-order valence-corrected chi connectivity index (χ1v) is 8.97. The Labute approximate surface area is 148 Å². The van der Waals surface area contributed by atoms with Crippen LogP contribution in [0.15, 0.2) is 66.7 Å². The summed E-state index contributed by atoms with van der Waals surface area (Å²) in [6.45, 7) is -0.395. The Kier molecular flexibility index (Phi) is 5.98. The third-order valence-corrected chi connectivity index (χ3v) is 4.26. The quantitative estimate of drug-likeness (QED) is 0.576. The minimum Gasteiger partial charge on any atom is -0.457 e. The Hall–Kier alpha value is -2.44. The van der Waals surface area contributed by atoms with Crippen molar-refractivity contribution in [1.29, 1.82) is 0 Å². The number of hydrogen-bond donors (Lipinski definition) is 1. The van der Waals surface area contributed by atoms with Crippen LogP contribution in [0, 0.1) is 0 Å². The highest BCUT2D eigenvalue weighted by atomic mass is 32.2. The summed E-state index contributed by atoms with van der Waals surface area (Å²) in [6.07, 6.45) is 0.220. The molecule has 0 aliphatic carbocycles. The van der Waals surface area contributed by atoms with Gasteiger partial charge in [0.1, 0.15) is 11.5 Å². The van der Waals surface area contributed by atoms with Gasteiger partial charge < -0.3 is 4.74 Å². The number of alkyl halides is 1. The van der Waals surface area contributed by atoms with Crippen LogP contribution in [0.1, 0.15) is 6.42 Å². The van der Waals surface area contributed by atoms with Gasteiger partial charge in [-0.1, -0.05) is 42.5 Å². The van der Waals surface area contributed by atoms with E-state index in [9.17, 15) is 8.60 Å². The number of halogens is 1. The predicted molar refractivity (Wildman–Crippen MR) is 98.8 cm³/mol. The van der Waals surface area contributed by atoms with E-state index < -0.39 is 17.9 Å². The Morgan fingerprint density at radius 1 is 1.00 bits per heavy atom. The van der Waals surface area contributed by atoms with Gasteiger partial charge in [-0.2, -0.15) is 0 Å². The maximum atomic E-state index is 12.0. The van der Waals surface area contributed by atoms with E-state index in [0.29, 0.717) is 11.4 Å². The molecule has 1 N–H and O–H groups in total. The summed E-state index contributed by atoms with van der Waals surface area (Å²) in [5.41, 5.74) is 0.594. The molecule has 3 aromatic rings. The molecule has 3 rings (SSSR count). The van der Waals surface area contributed by atoms with E-state index in [2.05, 4.69) is 4.72 Å². The molecule has 0 amide bonds. The second-order valence-corrected chi connectivity index (χ2v) is 6.22. The van der Waals surface area contributed by atoms with Crippen LogP contribution in [0.2, 0.25) is 0 Å². The molecule has 1 atom stereocenters. The molecule has 4 nitrogen and oxygen atoms in total. The minimum absolute atomic E-state index is 0.0995. The Bertz CT molecular complexity index is 867. The fourth-order valence-corrected chi connectivity index (χ4v) is 3.00. The number of rotatable bonds is 8. The average molecular weight is 359 g/mol. The molecule has 0 aromatic heterocycles. The molecule has 0 bridgehead atoms. The molecule has 6 heteroatoms. The highest BCUT2D eigenvalue weighted by Gasteiger charge is 2.05. The van der Waals surface area contributed by atoms with Crippen molar-refractivity contribution in [3.63, 3.8) is 0 Å². The number of ether oxygens (including phenoxy) is 1. The first kappa shape index (κ1) is 17.4. The van der Waals surface area contributed by atoms with Crippen molar-refractivity contribution < 1.29 is 17.5 Å². The largest absolute Gasteiger partial charge is 0.457 e. The SMILES string of the molecule is O=S(Nc1cccc(Oc2cccc3ccccc23)c1)OCCCF. The highest BCUT2D eigenvalue weighted by molar-refractivity contribution is 7.81. The molecular formula is C19H18FNO3S. The summed E-state index contributed by atoms with van der Waals surface area (Å²) >= 11 is -1.72. The zero-order valence-electron chi connectivity index (χ0n) is 13.5. The molecular weight excluding hydrogens is 341 g/mol. The standard InChI is InChI=1S/C19H18FNO3S/c20-12-5-13-23-25(22)21-16-8-4-9-17(14-16)24-19-11-3-7-15-6-1-2-10-18(15)19/h1-4,6-11,14,21H,5,12-13H2. The van der Waals surface area contributed by atoms with Crippen molar-refractivity contribution >= 4 is 27.7 Å². The number of hydrogen-bond acceptors (Lipinski definition) is 3. The Balaban J connectivity index is 1.72. The van der Waals surface area contributed by atoms with Crippen LogP contribution < -0.4 is 9.46 Å². The van der Waals surface area contributed by atoms with Crippen molar-refractivity contribution in [1.82, 2.24) is 0 Å². The molecule has 130 valence electrons. The molecule has 25 heavy (non-hydrogen) atoms. The lowest BCUT2D eigenvalue weighted by molar-refractivity contribution is 0.315. The maximum Gasteiger partial charge on any atom is 0.261 e. The number of fused-ring (bicyclic) bond motifs is 1. The molecule has 0 heterocycles. The van der Waals surface area contributed by atoms with Gasteiger partial charge in [0.25, 0.3) is 11.3 Å². The van der Waals surface area contributed by atoms with E-state index in [0.717, 1.165) is 16.5 Å². The topological polar surface area (TPSA) is 47.6 Å². The van der Waals surface area contributed by atoms with E-state index in [-0.39, 0.29) is 13.0 Å². The third kappa shape index (κ3) is 4.78.